The fourth-order valence-electron chi connectivity index (χ4n) is 2.48. The molecule has 28 heavy (non-hydrogen) atoms. The highest BCUT2D eigenvalue weighted by Gasteiger charge is 2.29. The first-order valence-corrected chi connectivity index (χ1v) is 8.88. The Hall–Kier alpha value is -2.95. The normalized spacial score (nSPS) is 14.1. The first-order chi connectivity index (χ1) is 13.1. The van der Waals surface area contributed by atoms with Gasteiger partial charge in [0.2, 0.25) is 11.8 Å². The summed E-state index contributed by atoms with van der Waals surface area (Å²) in [6.45, 7) is 3.69. The van der Waals surface area contributed by atoms with Crippen molar-refractivity contribution < 1.29 is 29.4 Å². The fourth-order valence-corrected chi connectivity index (χ4v) is 2.48. The van der Waals surface area contributed by atoms with Crippen LogP contribution in [0.1, 0.15) is 38.8 Å². The van der Waals surface area contributed by atoms with Crippen molar-refractivity contribution in [2.24, 2.45) is 11.7 Å². The largest absolute Gasteiger partial charge is 0.481 e. The summed E-state index contributed by atoms with van der Waals surface area (Å²) in [6.07, 6.45) is 2.77. The molecule has 11 heteroatoms. The van der Waals surface area contributed by atoms with E-state index in [-0.39, 0.29) is 31.6 Å². The Morgan fingerprint density at radius 3 is 2.29 bits per heavy atom. The zero-order chi connectivity index (χ0) is 21.3. The van der Waals surface area contributed by atoms with Gasteiger partial charge in [-0.25, -0.2) is 9.78 Å². The van der Waals surface area contributed by atoms with Gasteiger partial charge in [0, 0.05) is 24.7 Å². The number of nitrogens with zero attached hydrogens (tertiary/aromatic N) is 1. The quantitative estimate of drug-likeness (QED) is 0.265. The molecular weight excluding hydrogens is 370 g/mol. The summed E-state index contributed by atoms with van der Waals surface area (Å²) in [6, 6.07) is -3.29. The molecular formula is C17H27N5O6. The first kappa shape index (κ1) is 23.1. The SMILES string of the molecule is CC(C)CC(NC(=O)C(N)CCC(=O)O)C(=O)NC(Cc1cnc[nH]1)C(=O)O. The number of rotatable bonds is 12. The van der Waals surface area contributed by atoms with Crippen LogP contribution in [-0.4, -0.2) is 62.1 Å². The molecule has 7 N–H and O–H groups in total. The van der Waals surface area contributed by atoms with Crippen molar-refractivity contribution in [3.63, 3.8) is 0 Å². The lowest BCUT2D eigenvalue weighted by Crippen LogP contribution is -2.55. The third-order valence-corrected chi connectivity index (χ3v) is 3.94. The predicted molar refractivity (Wildman–Crippen MR) is 98.1 cm³/mol. The minimum Gasteiger partial charge on any atom is -0.481 e. The van der Waals surface area contributed by atoms with Gasteiger partial charge in [-0.05, 0) is 18.8 Å². The number of aromatic amines is 1. The molecule has 1 rings (SSSR count). The van der Waals surface area contributed by atoms with Crippen molar-refractivity contribution in [3.05, 3.63) is 18.2 Å². The van der Waals surface area contributed by atoms with Crippen LogP contribution in [0, 0.1) is 5.92 Å². The highest BCUT2D eigenvalue weighted by Crippen LogP contribution is 2.08. The highest BCUT2D eigenvalue weighted by molar-refractivity contribution is 5.91. The van der Waals surface area contributed by atoms with E-state index in [2.05, 4.69) is 20.6 Å². The Bertz CT molecular complexity index is 676. The number of aliphatic carboxylic acids is 2. The van der Waals surface area contributed by atoms with E-state index >= 15 is 0 Å². The molecule has 1 aromatic rings. The maximum atomic E-state index is 12.6. The molecule has 0 saturated heterocycles. The number of imidazole rings is 1. The standard InChI is InChI=1S/C17H27N5O6/c1-9(2)5-12(21-15(25)11(18)3-4-14(23)24)16(26)22-13(17(27)28)6-10-7-19-8-20-10/h7-9,11-13H,3-6,18H2,1-2H3,(H,19,20)(H,21,25)(H,22,26)(H,23,24)(H,27,28). The van der Waals surface area contributed by atoms with Crippen LogP contribution in [0.5, 0.6) is 0 Å². The third kappa shape index (κ3) is 8.16. The molecule has 0 aliphatic rings. The molecule has 3 atom stereocenters. The van der Waals surface area contributed by atoms with Crippen LogP contribution in [0.3, 0.4) is 0 Å². The molecule has 0 fully saturated rings. The maximum Gasteiger partial charge on any atom is 0.326 e. The van der Waals surface area contributed by atoms with Crippen molar-refractivity contribution in [1.29, 1.82) is 0 Å². The van der Waals surface area contributed by atoms with Crippen molar-refractivity contribution in [3.8, 4) is 0 Å². The fraction of sp³-hybridized carbons (Fsp3) is 0.588. The molecule has 0 saturated carbocycles. The van der Waals surface area contributed by atoms with Crippen LogP contribution in [0.25, 0.3) is 0 Å². The summed E-state index contributed by atoms with van der Waals surface area (Å²) in [5.74, 6) is -3.59. The zero-order valence-corrected chi connectivity index (χ0v) is 15.8. The summed E-state index contributed by atoms with van der Waals surface area (Å²) in [5.41, 5.74) is 6.21. The van der Waals surface area contributed by atoms with E-state index in [0.29, 0.717) is 5.69 Å². The number of carboxylic acid groups (broad SMARTS) is 2. The monoisotopic (exact) mass is 397 g/mol. The Labute approximate surface area is 162 Å². The summed E-state index contributed by atoms with van der Waals surface area (Å²) < 4.78 is 0. The lowest BCUT2D eigenvalue weighted by atomic mass is 10.0. The van der Waals surface area contributed by atoms with Crippen LogP contribution in [-0.2, 0) is 25.6 Å². The number of carbonyl (C=O) groups excluding carboxylic acids is 2. The van der Waals surface area contributed by atoms with Crippen molar-refractivity contribution >= 4 is 23.8 Å². The van der Waals surface area contributed by atoms with Gasteiger partial charge in [0.1, 0.15) is 12.1 Å². The number of hydrogen-bond donors (Lipinski definition) is 6. The van der Waals surface area contributed by atoms with Gasteiger partial charge in [-0.3, -0.25) is 14.4 Å². The number of aromatic nitrogens is 2. The van der Waals surface area contributed by atoms with E-state index in [4.69, 9.17) is 10.8 Å². The average molecular weight is 397 g/mol. The van der Waals surface area contributed by atoms with Crippen molar-refractivity contribution in [1.82, 2.24) is 20.6 Å². The molecule has 0 aromatic carbocycles. The third-order valence-electron chi connectivity index (χ3n) is 3.94. The van der Waals surface area contributed by atoms with E-state index in [1.807, 2.05) is 13.8 Å². The molecule has 3 unspecified atom stereocenters. The first-order valence-electron chi connectivity index (χ1n) is 8.88. The lowest BCUT2D eigenvalue weighted by molar-refractivity contribution is -0.142. The van der Waals surface area contributed by atoms with Crippen LogP contribution in [0.15, 0.2) is 12.5 Å². The van der Waals surface area contributed by atoms with Gasteiger partial charge < -0.3 is 31.6 Å². The van der Waals surface area contributed by atoms with Crippen LogP contribution in [0.2, 0.25) is 0 Å². The molecule has 156 valence electrons. The van der Waals surface area contributed by atoms with E-state index < -0.39 is 41.9 Å². The van der Waals surface area contributed by atoms with E-state index in [0.717, 1.165) is 0 Å². The van der Waals surface area contributed by atoms with Crippen LogP contribution in [0.4, 0.5) is 0 Å². The summed E-state index contributed by atoms with van der Waals surface area (Å²) in [4.78, 5) is 53.4. The van der Waals surface area contributed by atoms with E-state index in [9.17, 15) is 24.3 Å². The number of hydrogen-bond acceptors (Lipinski definition) is 6. The van der Waals surface area contributed by atoms with E-state index in [1.54, 1.807) is 0 Å². The number of nitrogens with two attached hydrogens (primary N) is 1. The lowest BCUT2D eigenvalue weighted by Gasteiger charge is -2.24. The number of nitrogens with one attached hydrogen (secondary N) is 3. The second kappa shape index (κ2) is 11.0. The maximum absolute atomic E-state index is 12.6. The van der Waals surface area contributed by atoms with Gasteiger partial charge in [0.15, 0.2) is 0 Å². The molecule has 0 aliphatic heterocycles. The highest BCUT2D eigenvalue weighted by atomic mass is 16.4. The van der Waals surface area contributed by atoms with Gasteiger partial charge in [-0.2, -0.15) is 0 Å². The zero-order valence-electron chi connectivity index (χ0n) is 15.8. The topological polar surface area (TPSA) is 188 Å². The molecule has 11 nitrogen and oxygen atoms in total. The van der Waals surface area contributed by atoms with Crippen molar-refractivity contribution in [2.75, 3.05) is 0 Å². The average Bonchev–Trinajstić information content (AvgIpc) is 3.10. The van der Waals surface area contributed by atoms with Gasteiger partial charge >= 0.3 is 11.9 Å². The molecule has 0 bridgehead atoms. The second-order valence-corrected chi connectivity index (χ2v) is 6.91. The Morgan fingerprint density at radius 1 is 1.14 bits per heavy atom. The molecule has 1 aromatic heterocycles. The van der Waals surface area contributed by atoms with Gasteiger partial charge in [0.05, 0.1) is 12.4 Å². The Morgan fingerprint density at radius 2 is 1.79 bits per heavy atom. The summed E-state index contributed by atoms with van der Waals surface area (Å²) in [7, 11) is 0. The molecule has 2 amide bonds. The number of H-pyrrole nitrogens is 1. The van der Waals surface area contributed by atoms with Crippen LogP contribution < -0.4 is 16.4 Å². The van der Waals surface area contributed by atoms with E-state index in [1.165, 1.54) is 12.5 Å². The summed E-state index contributed by atoms with van der Waals surface area (Å²) >= 11 is 0. The Kier molecular flexibility index (Phi) is 9.09. The molecule has 0 spiro atoms. The molecule has 1 heterocycles. The smallest absolute Gasteiger partial charge is 0.326 e. The molecule has 0 radical (unpaired) electrons. The predicted octanol–water partition coefficient (Wildman–Crippen LogP) is -0.755. The summed E-state index contributed by atoms with van der Waals surface area (Å²) in [5, 5.41) is 23.0. The minimum atomic E-state index is -1.23. The minimum absolute atomic E-state index is 0.00153. The second-order valence-electron chi connectivity index (χ2n) is 6.91. The molecule has 0 aliphatic carbocycles. The number of carboxylic acids is 2. The van der Waals surface area contributed by atoms with Gasteiger partial charge in [0.25, 0.3) is 0 Å². The van der Waals surface area contributed by atoms with Gasteiger partial charge in [-0.15, -0.1) is 0 Å². The van der Waals surface area contributed by atoms with Gasteiger partial charge in [-0.1, -0.05) is 13.8 Å². The van der Waals surface area contributed by atoms with Crippen LogP contribution >= 0.6 is 0 Å². The number of amides is 2. The number of carbonyl (C=O) groups is 4. The van der Waals surface area contributed by atoms with Crippen molar-refractivity contribution in [2.45, 2.75) is 57.7 Å². The Balaban J connectivity index is 2.77.